The highest BCUT2D eigenvalue weighted by atomic mass is 32.2. The summed E-state index contributed by atoms with van der Waals surface area (Å²) in [5, 5.41) is 12.4. The van der Waals surface area contributed by atoms with E-state index >= 15 is 0 Å². The van der Waals surface area contributed by atoms with Crippen molar-refractivity contribution in [3.05, 3.63) is 77.6 Å². The largest absolute Gasteiger partial charge is 0.478 e. The number of halogens is 1. The molecule has 3 aromatic carbocycles. The molecule has 1 heterocycles. The number of nitrogens with zero attached hydrogens (tertiary/aromatic N) is 1. The molecule has 0 saturated heterocycles. The van der Waals surface area contributed by atoms with E-state index in [9.17, 15) is 27.5 Å². The lowest BCUT2D eigenvalue weighted by molar-refractivity contribution is 0.0696. The summed E-state index contributed by atoms with van der Waals surface area (Å²) in [6, 6.07) is 14.7. The van der Waals surface area contributed by atoms with Crippen LogP contribution in [-0.4, -0.2) is 45.2 Å². The first-order valence-corrected chi connectivity index (χ1v) is 12.8. The maximum atomic E-state index is 13.5. The van der Waals surface area contributed by atoms with Gasteiger partial charge < -0.3 is 14.8 Å². The predicted octanol–water partition coefficient (Wildman–Crippen LogP) is 4.75. The van der Waals surface area contributed by atoms with Gasteiger partial charge in [-0.2, -0.15) is 0 Å². The van der Waals surface area contributed by atoms with Crippen LogP contribution in [0.4, 0.5) is 10.1 Å². The van der Waals surface area contributed by atoms with E-state index in [0.717, 1.165) is 6.26 Å². The number of furan rings is 1. The molecular weight excluding hydrogens is 487 g/mol. The Bertz CT molecular complexity index is 1590. The summed E-state index contributed by atoms with van der Waals surface area (Å²) in [6.07, 6.45) is 1.07. The lowest BCUT2D eigenvalue weighted by Crippen LogP contribution is -2.30. The summed E-state index contributed by atoms with van der Waals surface area (Å²) < 4.78 is 46.0. The van der Waals surface area contributed by atoms with E-state index in [-0.39, 0.29) is 34.7 Å². The summed E-state index contributed by atoms with van der Waals surface area (Å²) >= 11 is 0. The van der Waals surface area contributed by atoms with Gasteiger partial charge in [-0.15, -0.1) is 0 Å². The van der Waals surface area contributed by atoms with Crippen molar-refractivity contribution in [2.75, 3.05) is 24.2 Å². The van der Waals surface area contributed by atoms with E-state index in [1.807, 2.05) is 0 Å². The van der Waals surface area contributed by atoms with Crippen molar-refractivity contribution in [3.63, 3.8) is 0 Å². The van der Waals surface area contributed by atoms with E-state index in [4.69, 9.17) is 4.42 Å². The first-order chi connectivity index (χ1) is 17.0. The van der Waals surface area contributed by atoms with Crippen LogP contribution in [0, 0.1) is 5.82 Å². The first-order valence-electron chi connectivity index (χ1n) is 10.9. The van der Waals surface area contributed by atoms with Crippen LogP contribution in [0.3, 0.4) is 0 Å². The fourth-order valence-electron chi connectivity index (χ4n) is 4.13. The molecule has 0 atom stereocenters. The fourth-order valence-corrected chi connectivity index (χ4v) is 5.11. The third-order valence-corrected chi connectivity index (χ3v) is 7.00. The van der Waals surface area contributed by atoms with E-state index < -0.39 is 27.7 Å². The Kier molecular flexibility index (Phi) is 6.55. The van der Waals surface area contributed by atoms with Crippen LogP contribution in [-0.2, 0) is 10.0 Å². The number of fused-ring (bicyclic) bond motifs is 1. The van der Waals surface area contributed by atoms with E-state index in [1.54, 1.807) is 25.1 Å². The maximum absolute atomic E-state index is 13.5. The minimum Gasteiger partial charge on any atom is -0.478 e. The number of benzene rings is 3. The molecule has 0 radical (unpaired) electrons. The maximum Gasteiger partial charge on any atom is 0.335 e. The molecule has 0 spiro atoms. The highest BCUT2D eigenvalue weighted by Crippen LogP contribution is 2.41. The lowest BCUT2D eigenvalue weighted by Gasteiger charge is -2.24. The number of anilines is 1. The van der Waals surface area contributed by atoms with Gasteiger partial charge in [0.15, 0.2) is 0 Å². The smallest absolute Gasteiger partial charge is 0.335 e. The standard InChI is InChI=1S/C26H23FN2O6S/c1-4-29(36(3,33)34)21-14-22-20(13-19(21)16-6-5-7-17(12-16)26(31)32)23(25(30)28-2)24(35-22)15-8-10-18(27)11-9-15/h5-14H,4H2,1-3H3,(H,28,30)(H,31,32). The Hall–Kier alpha value is -4.18. The molecule has 10 heteroatoms. The third kappa shape index (κ3) is 4.55. The van der Waals surface area contributed by atoms with Crippen molar-refractivity contribution in [3.8, 4) is 22.5 Å². The molecule has 0 aliphatic heterocycles. The molecule has 0 bridgehead atoms. The number of amides is 1. The molecule has 0 fully saturated rings. The predicted molar refractivity (Wildman–Crippen MR) is 135 cm³/mol. The topological polar surface area (TPSA) is 117 Å². The summed E-state index contributed by atoms with van der Waals surface area (Å²) in [5.74, 6) is -1.86. The molecule has 0 saturated carbocycles. The van der Waals surface area contributed by atoms with Gasteiger partial charge in [-0.1, -0.05) is 12.1 Å². The van der Waals surface area contributed by atoms with Gasteiger partial charge >= 0.3 is 5.97 Å². The molecule has 4 rings (SSSR count). The zero-order valence-corrected chi connectivity index (χ0v) is 20.5. The van der Waals surface area contributed by atoms with E-state index in [2.05, 4.69) is 5.32 Å². The number of hydrogen-bond donors (Lipinski definition) is 2. The summed E-state index contributed by atoms with van der Waals surface area (Å²) in [7, 11) is -2.26. The second kappa shape index (κ2) is 9.46. The molecule has 4 aromatic rings. The van der Waals surface area contributed by atoms with Crippen LogP contribution in [0.25, 0.3) is 33.4 Å². The fraction of sp³-hybridized carbons (Fsp3) is 0.154. The molecule has 0 aliphatic carbocycles. The lowest BCUT2D eigenvalue weighted by atomic mass is 9.97. The summed E-state index contributed by atoms with van der Waals surface area (Å²) in [4.78, 5) is 24.5. The molecule has 0 unspecified atom stereocenters. The molecule has 1 amide bonds. The van der Waals surface area contributed by atoms with Crippen LogP contribution in [0.1, 0.15) is 27.6 Å². The van der Waals surface area contributed by atoms with Gasteiger partial charge in [-0.25, -0.2) is 17.6 Å². The Balaban J connectivity index is 2.11. The van der Waals surface area contributed by atoms with Crippen LogP contribution < -0.4 is 9.62 Å². The molecule has 36 heavy (non-hydrogen) atoms. The molecular formula is C26H23FN2O6S. The van der Waals surface area contributed by atoms with Crippen molar-refractivity contribution >= 4 is 38.6 Å². The van der Waals surface area contributed by atoms with Gasteiger partial charge in [0.2, 0.25) is 10.0 Å². The van der Waals surface area contributed by atoms with Gasteiger partial charge in [0.05, 0.1) is 23.1 Å². The number of carboxylic acids is 1. The van der Waals surface area contributed by atoms with E-state index in [1.165, 1.54) is 53.8 Å². The average molecular weight is 511 g/mol. The van der Waals surface area contributed by atoms with Gasteiger partial charge in [-0.05, 0) is 55.0 Å². The molecule has 1 aromatic heterocycles. The quantitative estimate of drug-likeness (QED) is 0.371. The van der Waals surface area contributed by atoms with Gasteiger partial charge in [0, 0.05) is 36.2 Å². The second-order valence-electron chi connectivity index (χ2n) is 8.07. The number of sulfonamides is 1. The van der Waals surface area contributed by atoms with E-state index in [0.29, 0.717) is 22.1 Å². The van der Waals surface area contributed by atoms with Crippen molar-refractivity contribution in [2.24, 2.45) is 0 Å². The van der Waals surface area contributed by atoms with Crippen molar-refractivity contribution in [1.29, 1.82) is 0 Å². The van der Waals surface area contributed by atoms with Crippen molar-refractivity contribution < 1.29 is 31.9 Å². The zero-order chi connectivity index (χ0) is 26.2. The van der Waals surface area contributed by atoms with Gasteiger partial charge in [-0.3, -0.25) is 9.10 Å². The number of carbonyl (C=O) groups excluding carboxylic acids is 1. The molecule has 2 N–H and O–H groups in total. The minimum absolute atomic E-state index is 0.0201. The average Bonchev–Trinajstić information content (AvgIpc) is 3.21. The minimum atomic E-state index is -3.72. The molecule has 186 valence electrons. The number of nitrogens with one attached hydrogen (secondary N) is 1. The zero-order valence-electron chi connectivity index (χ0n) is 19.7. The number of hydrogen-bond acceptors (Lipinski definition) is 5. The van der Waals surface area contributed by atoms with Crippen molar-refractivity contribution in [1.82, 2.24) is 5.32 Å². The molecule has 8 nitrogen and oxygen atoms in total. The first kappa shape index (κ1) is 24.9. The highest BCUT2D eigenvalue weighted by Gasteiger charge is 2.27. The van der Waals surface area contributed by atoms with Crippen LogP contribution in [0.15, 0.2) is 65.1 Å². The van der Waals surface area contributed by atoms with Crippen LogP contribution >= 0.6 is 0 Å². The van der Waals surface area contributed by atoms with Gasteiger partial charge in [0.25, 0.3) is 5.91 Å². The Labute approximate surface area is 207 Å². The van der Waals surface area contributed by atoms with Crippen LogP contribution in [0.2, 0.25) is 0 Å². The highest BCUT2D eigenvalue weighted by molar-refractivity contribution is 7.92. The number of aromatic carboxylic acids is 1. The Morgan fingerprint density at radius 3 is 2.33 bits per heavy atom. The van der Waals surface area contributed by atoms with Crippen LogP contribution in [0.5, 0.6) is 0 Å². The second-order valence-corrected chi connectivity index (χ2v) is 9.98. The monoisotopic (exact) mass is 510 g/mol. The SMILES string of the molecule is CCN(c1cc2oc(-c3ccc(F)cc3)c(C(=O)NC)c2cc1-c1cccc(C(=O)O)c1)S(C)(=O)=O. The summed E-state index contributed by atoms with van der Waals surface area (Å²) in [6.45, 7) is 1.77. The Morgan fingerprint density at radius 2 is 1.75 bits per heavy atom. The normalized spacial score (nSPS) is 11.4. The third-order valence-electron chi connectivity index (χ3n) is 5.74. The van der Waals surface area contributed by atoms with Crippen molar-refractivity contribution in [2.45, 2.75) is 6.92 Å². The van der Waals surface area contributed by atoms with Gasteiger partial charge in [0.1, 0.15) is 17.2 Å². The number of carbonyl (C=O) groups is 2. The number of carboxylic acid groups (broad SMARTS) is 1. The Morgan fingerprint density at radius 1 is 1.06 bits per heavy atom. The number of rotatable bonds is 7. The molecule has 0 aliphatic rings. The summed E-state index contributed by atoms with van der Waals surface area (Å²) in [5.41, 5.74) is 2.00.